The van der Waals surface area contributed by atoms with Crippen LogP contribution in [0.25, 0.3) is 0 Å². The van der Waals surface area contributed by atoms with Gasteiger partial charge < -0.3 is 5.32 Å². The van der Waals surface area contributed by atoms with E-state index in [-0.39, 0.29) is 11.9 Å². The minimum atomic E-state index is -0.00962. The quantitative estimate of drug-likeness (QED) is 0.887. The van der Waals surface area contributed by atoms with E-state index in [0.29, 0.717) is 0 Å². The summed E-state index contributed by atoms with van der Waals surface area (Å²) in [6.45, 7) is 10.2. The predicted octanol–water partition coefficient (Wildman–Crippen LogP) is 4.41. The Morgan fingerprint density at radius 2 is 1.48 bits per heavy atom. The normalized spacial score (nSPS) is 12.0. The van der Waals surface area contributed by atoms with Gasteiger partial charge in [-0.15, -0.1) is 0 Å². The van der Waals surface area contributed by atoms with E-state index in [9.17, 15) is 4.79 Å². The Hall–Kier alpha value is -2.09. The number of hydrogen-bond donors (Lipinski definition) is 1. The molecule has 1 N–H and O–H groups in total. The molecule has 0 unspecified atom stereocenters. The van der Waals surface area contributed by atoms with Crippen molar-refractivity contribution in [3.63, 3.8) is 0 Å². The fourth-order valence-corrected chi connectivity index (χ4v) is 2.56. The summed E-state index contributed by atoms with van der Waals surface area (Å²) in [5.74, 6) is -0.00962. The van der Waals surface area contributed by atoms with Crippen molar-refractivity contribution in [3.8, 4) is 0 Å². The van der Waals surface area contributed by atoms with Gasteiger partial charge in [-0.3, -0.25) is 4.79 Å². The SMILES string of the molecule is Cc1ccc(C)c(C(=O)N[C@H](C)c2cc(C)ccc2C)c1. The summed E-state index contributed by atoms with van der Waals surface area (Å²) in [6, 6.07) is 12.3. The van der Waals surface area contributed by atoms with Crippen LogP contribution in [0.4, 0.5) is 0 Å². The molecule has 0 saturated carbocycles. The molecule has 0 bridgehead atoms. The molecule has 0 aliphatic carbocycles. The van der Waals surface area contributed by atoms with Gasteiger partial charge in [0.15, 0.2) is 0 Å². The maximum absolute atomic E-state index is 12.5. The Morgan fingerprint density at radius 1 is 0.905 bits per heavy atom. The van der Waals surface area contributed by atoms with Crippen LogP contribution in [0.3, 0.4) is 0 Å². The Labute approximate surface area is 127 Å². The Bertz CT molecular complexity index is 673. The molecule has 2 nitrogen and oxygen atoms in total. The molecule has 2 rings (SSSR count). The van der Waals surface area contributed by atoms with Gasteiger partial charge in [0.2, 0.25) is 0 Å². The van der Waals surface area contributed by atoms with E-state index in [0.717, 1.165) is 16.7 Å². The maximum atomic E-state index is 12.5. The van der Waals surface area contributed by atoms with E-state index >= 15 is 0 Å². The van der Waals surface area contributed by atoms with Gasteiger partial charge in [0.05, 0.1) is 6.04 Å². The summed E-state index contributed by atoms with van der Waals surface area (Å²) in [6.07, 6.45) is 0. The number of hydrogen-bond acceptors (Lipinski definition) is 1. The molecule has 110 valence electrons. The fourth-order valence-electron chi connectivity index (χ4n) is 2.56. The molecule has 1 atom stereocenters. The van der Waals surface area contributed by atoms with Crippen LogP contribution in [0.5, 0.6) is 0 Å². The van der Waals surface area contributed by atoms with Gasteiger partial charge in [-0.05, 0) is 57.4 Å². The first kappa shape index (κ1) is 15.3. The highest BCUT2D eigenvalue weighted by atomic mass is 16.1. The number of nitrogens with one attached hydrogen (secondary N) is 1. The van der Waals surface area contributed by atoms with Crippen LogP contribution in [0, 0.1) is 27.7 Å². The summed E-state index contributed by atoms with van der Waals surface area (Å²) < 4.78 is 0. The van der Waals surface area contributed by atoms with Crippen molar-refractivity contribution in [2.75, 3.05) is 0 Å². The zero-order valence-corrected chi connectivity index (χ0v) is 13.4. The number of aryl methyl sites for hydroxylation is 4. The van der Waals surface area contributed by atoms with E-state index in [4.69, 9.17) is 0 Å². The molecule has 21 heavy (non-hydrogen) atoms. The molecular formula is C19H23NO. The summed E-state index contributed by atoms with van der Waals surface area (Å²) in [5, 5.41) is 3.11. The highest BCUT2D eigenvalue weighted by molar-refractivity contribution is 5.96. The fraction of sp³-hybridized carbons (Fsp3) is 0.316. The summed E-state index contributed by atoms with van der Waals surface area (Å²) in [5.41, 5.74) is 6.45. The smallest absolute Gasteiger partial charge is 0.252 e. The zero-order valence-electron chi connectivity index (χ0n) is 13.4. The monoisotopic (exact) mass is 281 g/mol. The van der Waals surface area contributed by atoms with Crippen molar-refractivity contribution in [1.82, 2.24) is 5.32 Å². The van der Waals surface area contributed by atoms with Gasteiger partial charge in [-0.1, -0.05) is 41.5 Å². The van der Waals surface area contributed by atoms with Crippen molar-refractivity contribution >= 4 is 5.91 Å². The minimum absolute atomic E-state index is 0.00249. The number of carbonyl (C=O) groups is 1. The van der Waals surface area contributed by atoms with Crippen molar-refractivity contribution in [1.29, 1.82) is 0 Å². The number of benzene rings is 2. The molecule has 0 heterocycles. The van der Waals surface area contributed by atoms with Gasteiger partial charge in [0.25, 0.3) is 5.91 Å². The highest BCUT2D eigenvalue weighted by Gasteiger charge is 2.15. The topological polar surface area (TPSA) is 29.1 Å². The van der Waals surface area contributed by atoms with E-state index < -0.39 is 0 Å². The molecule has 1 amide bonds. The second-order valence-electron chi connectivity index (χ2n) is 5.87. The molecule has 0 aliphatic heterocycles. The zero-order chi connectivity index (χ0) is 15.6. The third-order valence-electron chi connectivity index (χ3n) is 3.89. The summed E-state index contributed by atoms with van der Waals surface area (Å²) >= 11 is 0. The lowest BCUT2D eigenvalue weighted by molar-refractivity contribution is 0.0939. The van der Waals surface area contributed by atoms with Crippen LogP contribution < -0.4 is 5.32 Å². The van der Waals surface area contributed by atoms with E-state index in [1.54, 1.807) is 0 Å². The minimum Gasteiger partial charge on any atom is -0.345 e. The number of rotatable bonds is 3. The average molecular weight is 281 g/mol. The molecule has 0 radical (unpaired) electrons. The number of carbonyl (C=O) groups excluding carboxylic acids is 1. The first-order valence-electron chi connectivity index (χ1n) is 7.33. The summed E-state index contributed by atoms with van der Waals surface area (Å²) in [4.78, 5) is 12.5. The van der Waals surface area contributed by atoms with Gasteiger partial charge in [0, 0.05) is 5.56 Å². The van der Waals surface area contributed by atoms with Crippen LogP contribution in [-0.2, 0) is 0 Å². The lowest BCUT2D eigenvalue weighted by Gasteiger charge is -2.18. The Kier molecular flexibility index (Phi) is 4.46. The average Bonchev–Trinajstić information content (AvgIpc) is 2.43. The van der Waals surface area contributed by atoms with Crippen molar-refractivity contribution in [3.05, 3.63) is 69.8 Å². The van der Waals surface area contributed by atoms with Crippen LogP contribution in [-0.4, -0.2) is 5.91 Å². The molecule has 0 spiro atoms. The third-order valence-corrected chi connectivity index (χ3v) is 3.89. The standard InChI is InChI=1S/C19H23NO/c1-12-6-8-14(3)17(10-12)16(5)20-19(21)18-11-13(2)7-9-15(18)4/h6-11,16H,1-5H3,(H,20,21)/t16-/m1/s1. The molecule has 2 aromatic rings. The first-order valence-corrected chi connectivity index (χ1v) is 7.33. The number of amides is 1. The Balaban J connectivity index is 2.23. The Morgan fingerprint density at radius 3 is 2.14 bits per heavy atom. The van der Waals surface area contributed by atoms with E-state index in [1.165, 1.54) is 16.7 Å². The first-order chi connectivity index (χ1) is 9.88. The molecule has 0 fully saturated rings. The third kappa shape index (κ3) is 3.52. The molecule has 0 aliphatic rings. The van der Waals surface area contributed by atoms with Gasteiger partial charge >= 0.3 is 0 Å². The van der Waals surface area contributed by atoms with Crippen LogP contribution >= 0.6 is 0 Å². The van der Waals surface area contributed by atoms with Crippen LogP contribution in [0.2, 0.25) is 0 Å². The highest BCUT2D eigenvalue weighted by Crippen LogP contribution is 2.20. The molecule has 0 saturated heterocycles. The molecule has 0 aromatic heterocycles. The van der Waals surface area contributed by atoms with E-state index in [1.807, 2.05) is 39.0 Å². The van der Waals surface area contributed by atoms with Crippen molar-refractivity contribution in [2.45, 2.75) is 40.7 Å². The predicted molar refractivity (Wildman–Crippen MR) is 87.7 cm³/mol. The molecule has 2 heteroatoms. The second-order valence-corrected chi connectivity index (χ2v) is 5.87. The lowest BCUT2D eigenvalue weighted by atomic mass is 9.99. The van der Waals surface area contributed by atoms with Crippen molar-refractivity contribution in [2.24, 2.45) is 0 Å². The van der Waals surface area contributed by atoms with Crippen LogP contribution in [0.1, 0.15) is 51.1 Å². The lowest BCUT2D eigenvalue weighted by Crippen LogP contribution is -2.27. The largest absolute Gasteiger partial charge is 0.345 e. The van der Waals surface area contributed by atoms with Gasteiger partial charge in [-0.2, -0.15) is 0 Å². The molecule has 2 aromatic carbocycles. The maximum Gasteiger partial charge on any atom is 0.252 e. The van der Waals surface area contributed by atoms with Gasteiger partial charge in [0.1, 0.15) is 0 Å². The van der Waals surface area contributed by atoms with Gasteiger partial charge in [-0.25, -0.2) is 0 Å². The van der Waals surface area contributed by atoms with Crippen molar-refractivity contribution < 1.29 is 4.79 Å². The molecular weight excluding hydrogens is 258 g/mol. The second kappa shape index (κ2) is 6.13. The van der Waals surface area contributed by atoms with Crippen LogP contribution in [0.15, 0.2) is 36.4 Å². The van der Waals surface area contributed by atoms with E-state index in [2.05, 4.69) is 37.4 Å². The summed E-state index contributed by atoms with van der Waals surface area (Å²) in [7, 11) is 0.